The van der Waals surface area contributed by atoms with E-state index in [1.807, 2.05) is 0 Å². The fourth-order valence-electron chi connectivity index (χ4n) is 1.45. The number of halogens is 2. The molecular weight excluding hydrogens is 420 g/mol. The van der Waals surface area contributed by atoms with Crippen LogP contribution < -0.4 is 10.6 Å². The maximum absolute atomic E-state index is 12.0. The molecule has 0 heterocycles. The van der Waals surface area contributed by atoms with Crippen LogP contribution in [0.3, 0.4) is 0 Å². The number of carbonyl (C=O) groups is 2. The quantitative estimate of drug-likeness (QED) is 0.496. The Kier molecular flexibility index (Phi) is 8.19. The largest absolute Gasteiger partial charge is 0.444 e. The standard InChI is InChI=1S/C14H26Br2N2O4/c1-12(2,3)21-10(19)17-14(9-16,7-8-15)18-11(20)22-13(4,5)6/h7-9H2,1-6H3,(H,17,19)(H,18,20). The zero-order valence-corrected chi connectivity index (χ0v) is 17.2. The Morgan fingerprint density at radius 1 is 0.864 bits per heavy atom. The normalized spacial score (nSPS) is 12.5. The minimum atomic E-state index is -1.01. The van der Waals surface area contributed by atoms with E-state index in [4.69, 9.17) is 9.47 Å². The van der Waals surface area contributed by atoms with Crippen LogP contribution >= 0.6 is 31.9 Å². The van der Waals surface area contributed by atoms with Gasteiger partial charge in [0.05, 0.1) is 0 Å². The summed E-state index contributed by atoms with van der Waals surface area (Å²) in [7, 11) is 0. The van der Waals surface area contributed by atoms with E-state index in [2.05, 4.69) is 42.5 Å². The zero-order chi connectivity index (χ0) is 17.6. The molecular formula is C14H26Br2N2O4. The van der Waals surface area contributed by atoms with Crippen LogP contribution in [0.1, 0.15) is 48.0 Å². The third kappa shape index (κ3) is 9.50. The number of amides is 2. The molecule has 0 aliphatic rings. The molecule has 0 fully saturated rings. The highest BCUT2D eigenvalue weighted by atomic mass is 79.9. The lowest BCUT2D eigenvalue weighted by Gasteiger charge is -2.35. The van der Waals surface area contributed by atoms with Gasteiger partial charge < -0.3 is 9.47 Å². The molecule has 6 nitrogen and oxygen atoms in total. The maximum atomic E-state index is 12.0. The third-order valence-corrected chi connectivity index (χ3v) is 3.58. The van der Waals surface area contributed by atoms with Crippen molar-refractivity contribution in [1.82, 2.24) is 10.6 Å². The molecule has 0 unspecified atom stereocenters. The van der Waals surface area contributed by atoms with Gasteiger partial charge in [-0.1, -0.05) is 31.9 Å². The first-order valence-electron chi connectivity index (χ1n) is 6.97. The maximum Gasteiger partial charge on any atom is 0.409 e. The molecule has 130 valence electrons. The summed E-state index contributed by atoms with van der Waals surface area (Å²) in [5.41, 5.74) is -2.25. The molecule has 8 heteroatoms. The van der Waals surface area contributed by atoms with Gasteiger partial charge >= 0.3 is 12.2 Å². The molecule has 2 amide bonds. The second-order valence-corrected chi connectivity index (χ2v) is 8.26. The van der Waals surface area contributed by atoms with E-state index in [0.29, 0.717) is 17.1 Å². The average Bonchev–Trinajstić information content (AvgIpc) is 2.23. The second-order valence-electron chi connectivity index (χ2n) is 6.91. The molecule has 0 bridgehead atoms. The fraction of sp³-hybridized carbons (Fsp3) is 0.857. The molecule has 0 spiro atoms. The Hall–Kier alpha value is -0.500. The van der Waals surface area contributed by atoms with Crippen molar-refractivity contribution < 1.29 is 19.1 Å². The van der Waals surface area contributed by atoms with E-state index in [-0.39, 0.29) is 0 Å². The number of nitrogens with one attached hydrogen (secondary N) is 2. The Balaban J connectivity index is 4.99. The molecule has 22 heavy (non-hydrogen) atoms. The monoisotopic (exact) mass is 444 g/mol. The van der Waals surface area contributed by atoms with Gasteiger partial charge in [0, 0.05) is 10.7 Å². The van der Waals surface area contributed by atoms with E-state index in [1.165, 1.54) is 0 Å². The Morgan fingerprint density at radius 3 is 1.45 bits per heavy atom. The van der Waals surface area contributed by atoms with E-state index < -0.39 is 29.1 Å². The molecule has 0 saturated heterocycles. The molecule has 0 aliphatic heterocycles. The average molecular weight is 446 g/mol. The highest BCUT2D eigenvalue weighted by Gasteiger charge is 2.35. The first-order valence-corrected chi connectivity index (χ1v) is 9.21. The topological polar surface area (TPSA) is 76.7 Å². The van der Waals surface area contributed by atoms with E-state index >= 15 is 0 Å². The van der Waals surface area contributed by atoms with Gasteiger partial charge in [0.15, 0.2) is 0 Å². The van der Waals surface area contributed by atoms with E-state index in [1.54, 1.807) is 41.5 Å². The second kappa shape index (κ2) is 8.38. The lowest BCUT2D eigenvalue weighted by molar-refractivity contribution is 0.0346. The minimum Gasteiger partial charge on any atom is -0.444 e. The van der Waals surface area contributed by atoms with E-state index in [9.17, 15) is 9.59 Å². The summed E-state index contributed by atoms with van der Waals surface area (Å²) in [6, 6.07) is 0. The van der Waals surface area contributed by atoms with Crippen molar-refractivity contribution in [2.24, 2.45) is 0 Å². The highest BCUT2D eigenvalue weighted by Crippen LogP contribution is 2.16. The Bertz CT molecular complexity index is 359. The molecule has 0 aliphatic carbocycles. The SMILES string of the molecule is CC(C)(C)OC(=O)NC(CBr)(CCBr)NC(=O)OC(C)(C)C. The summed E-state index contributed by atoms with van der Waals surface area (Å²) in [5, 5.41) is 6.29. The molecule has 0 radical (unpaired) electrons. The predicted octanol–water partition coefficient (Wildman–Crippen LogP) is 3.91. The first-order chi connectivity index (χ1) is 9.82. The van der Waals surface area contributed by atoms with Crippen molar-refractivity contribution in [2.75, 3.05) is 10.7 Å². The summed E-state index contributed by atoms with van der Waals surface area (Å²) in [5.74, 6) is 0. The summed E-state index contributed by atoms with van der Waals surface area (Å²) in [6.45, 7) is 10.6. The summed E-state index contributed by atoms with van der Waals surface area (Å²) in [4.78, 5) is 24.0. The van der Waals surface area contributed by atoms with Gasteiger partial charge in [-0.3, -0.25) is 10.6 Å². The number of rotatable bonds is 5. The van der Waals surface area contributed by atoms with Crippen molar-refractivity contribution in [1.29, 1.82) is 0 Å². The number of carbonyl (C=O) groups excluding carboxylic acids is 2. The van der Waals surface area contributed by atoms with Gasteiger partial charge in [-0.05, 0) is 48.0 Å². The van der Waals surface area contributed by atoms with Crippen molar-refractivity contribution in [2.45, 2.75) is 64.8 Å². The van der Waals surface area contributed by atoms with Crippen LogP contribution in [0.5, 0.6) is 0 Å². The van der Waals surface area contributed by atoms with Crippen LogP contribution in [-0.2, 0) is 9.47 Å². The molecule has 0 aromatic heterocycles. The number of hydrogen-bond donors (Lipinski definition) is 2. The molecule has 0 aromatic carbocycles. The summed E-state index contributed by atoms with van der Waals surface area (Å²) >= 11 is 6.65. The van der Waals surface area contributed by atoms with E-state index in [0.717, 1.165) is 0 Å². The minimum absolute atomic E-state index is 0.310. The highest BCUT2D eigenvalue weighted by molar-refractivity contribution is 9.09. The van der Waals surface area contributed by atoms with Gasteiger partial charge in [0.1, 0.15) is 16.9 Å². The first kappa shape index (κ1) is 21.5. The van der Waals surface area contributed by atoms with Crippen LogP contribution in [0.2, 0.25) is 0 Å². The third-order valence-electron chi connectivity index (χ3n) is 2.23. The van der Waals surface area contributed by atoms with Crippen molar-refractivity contribution in [3.63, 3.8) is 0 Å². The molecule has 2 N–H and O–H groups in total. The Labute approximate surface area is 149 Å². The Morgan fingerprint density at radius 2 is 1.23 bits per heavy atom. The molecule has 0 atom stereocenters. The lowest BCUT2D eigenvalue weighted by atomic mass is 10.1. The van der Waals surface area contributed by atoms with Crippen LogP contribution in [0.25, 0.3) is 0 Å². The van der Waals surface area contributed by atoms with Gasteiger partial charge in [-0.25, -0.2) is 9.59 Å². The smallest absolute Gasteiger partial charge is 0.409 e. The molecule has 0 rings (SSSR count). The zero-order valence-electron chi connectivity index (χ0n) is 14.0. The van der Waals surface area contributed by atoms with Crippen LogP contribution in [0.15, 0.2) is 0 Å². The molecule has 0 saturated carbocycles. The lowest BCUT2D eigenvalue weighted by Crippen LogP contribution is -2.63. The number of alkyl carbamates (subject to hydrolysis) is 2. The van der Waals surface area contributed by atoms with Crippen LogP contribution in [0.4, 0.5) is 9.59 Å². The fourth-order valence-corrected chi connectivity index (χ4v) is 2.69. The van der Waals surface area contributed by atoms with Gasteiger partial charge in [0.25, 0.3) is 0 Å². The van der Waals surface area contributed by atoms with Gasteiger partial charge in [-0.2, -0.15) is 0 Å². The van der Waals surface area contributed by atoms with Crippen LogP contribution in [-0.4, -0.2) is 39.7 Å². The summed E-state index contributed by atoms with van der Waals surface area (Å²) < 4.78 is 10.5. The van der Waals surface area contributed by atoms with Crippen LogP contribution in [0, 0.1) is 0 Å². The number of ether oxygens (including phenoxy) is 2. The number of alkyl halides is 2. The van der Waals surface area contributed by atoms with Crippen molar-refractivity contribution in [3.05, 3.63) is 0 Å². The van der Waals surface area contributed by atoms with Gasteiger partial charge in [-0.15, -0.1) is 0 Å². The summed E-state index contributed by atoms with van der Waals surface area (Å²) in [6.07, 6.45) is -0.760. The van der Waals surface area contributed by atoms with Gasteiger partial charge in [0.2, 0.25) is 0 Å². The van der Waals surface area contributed by atoms with Crippen molar-refractivity contribution >= 4 is 44.0 Å². The van der Waals surface area contributed by atoms with Crippen molar-refractivity contribution in [3.8, 4) is 0 Å². The predicted molar refractivity (Wildman–Crippen MR) is 93.7 cm³/mol. The number of hydrogen-bond acceptors (Lipinski definition) is 4. The molecule has 0 aromatic rings.